The van der Waals surface area contributed by atoms with Gasteiger partial charge in [0.25, 0.3) is 0 Å². The van der Waals surface area contributed by atoms with E-state index in [1.54, 1.807) is 12.4 Å². The lowest BCUT2D eigenvalue weighted by atomic mass is 10.3. The second-order valence-corrected chi connectivity index (χ2v) is 4.83. The van der Waals surface area contributed by atoms with Crippen molar-refractivity contribution in [2.24, 2.45) is 0 Å². The number of pyridine rings is 1. The number of imidazole rings is 1. The third-order valence-corrected chi connectivity index (χ3v) is 3.27. The summed E-state index contributed by atoms with van der Waals surface area (Å²) in [5, 5.41) is 0. The molecule has 4 nitrogen and oxygen atoms in total. The number of hydrogen-bond donors (Lipinski definition) is 0. The first-order valence-corrected chi connectivity index (χ1v) is 6.09. The highest BCUT2D eigenvalue weighted by atomic mass is 79.9. The van der Waals surface area contributed by atoms with Crippen molar-refractivity contribution in [1.29, 1.82) is 0 Å². The Labute approximate surface area is 106 Å². The summed E-state index contributed by atoms with van der Waals surface area (Å²) in [5.74, 6) is 1.03. The second kappa shape index (κ2) is 4.10. The van der Waals surface area contributed by atoms with Gasteiger partial charge in [-0.05, 0) is 22.0 Å². The maximum absolute atomic E-state index is 13.8. The second-order valence-electron chi connectivity index (χ2n) is 3.92. The summed E-state index contributed by atoms with van der Waals surface area (Å²) >= 11 is 3.20. The zero-order chi connectivity index (χ0) is 11.8. The zero-order valence-electron chi connectivity index (χ0n) is 8.98. The summed E-state index contributed by atoms with van der Waals surface area (Å²) in [6.07, 6.45) is 5.32. The van der Waals surface area contributed by atoms with E-state index < -0.39 is 0 Å². The standard InChI is InChI=1S/C11H10BrFN4/c12-8-5-9(13)11(15-6-8)17-4-3-16-2-1-14-10(16)7-17/h1-2,5-6H,3-4,7H2. The lowest BCUT2D eigenvalue weighted by Crippen LogP contribution is -2.34. The summed E-state index contributed by atoms with van der Waals surface area (Å²) < 4.78 is 16.5. The van der Waals surface area contributed by atoms with Crippen LogP contribution in [-0.2, 0) is 13.1 Å². The molecular formula is C11H10BrFN4. The van der Waals surface area contributed by atoms with Crippen LogP contribution in [0.4, 0.5) is 10.2 Å². The Bertz CT molecular complexity index is 554. The average Bonchev–Trinajstić information content (AvgIpc) is 2.75. The molecule has 3 heterocycles. The molecule has 0 radical (unpaired) electrons. The van der Waals surface area contributed by atoms with Gasteiger partial charge in [-0.2, -0.15) is 0 Å². The van der Waals surface area contributed by atoms with Gasteiger partial charge in [-0.15, -0.1) is 0 Å². The minimum absolute atomic E-state index is 0.306. The number of anilines is 1. The Morgan fingerprint density at radius 2 is 2.18 bits per heavy atom. The number of halogens is 2. The zero-order valence-corrected chi connectivity index (χ0v) is 10.6. The van der Waals surface area contributed by atoms with Crippen LogP contribution in [0.5, 0.6) is 0 Å². The van der Waals surface area contributed by atoms with Crippen molar-refractivity contribution in [3.8, 4) is 0 Å². The van der Waals surface area contributed by atoms with E-state index in [0.717, 1.165) is 18.9 Å². The van der Waals surface area contributed by atoms with E-state index in [9.17, 15) is 4.39 Å². The van der Waals surface area contributed by atoms with Crippen LogP contribution >= 0.6 is 15.9 Å². The van der Waals surface area contributed by atoms with Crippen molar-refractivity contribution >= 4 is 21.7 Å². The SMILES string of the molecule is Fc1cc(Br)cnc1N1CCn2ccnc2C1. The van der Waals surface area contributed by atoms with Gasteiger partial charge in [0.1, 0.15) is 5.82 Å². The van der Waals surface area contributed by atoms with E-state index in [-0.39, 0.29) is 5.82 Å². The Hall–Kier alpha value is -1.43. The van der Waals surface area contributed by atoms with Crippen molar-refractivity contribution < 1.29 is 4.39 Å². The molecule has 0 atom stereocenters. The maximum atomic E-state index is 13.8. The van der Waals surface area contributed by atoms with Crippen LogP contribution in [-0.4, -0.2) is 21.1 Å². The number of fused-ring (bicyclic) bond motifs is 1. The van der Waals surface area contributed by atoms with Gasteiger partial charge in [0.05, 0.1) is 6.54 Å². The van der Waals surface area contributed by atoms with E-state index >= 15 is 0 Å². The summed E-state index contributed by atoms with van der Waals surface area (Å²) in [7, 11) is 0. The third-order valence-electron chi connectivity index (χ3n) is 2.83. The molecule has 0 amide bonds. The van der Waals surface area contributed by atoms with Gasteiger partial charge in [-0.3, -0.25) is 0 Å². The van der Waals surface area contributed by atoms with Crippen LogP contribution in [0.1, 0.15) is 5.82 Å². The summed E-state index contributed by atoms with van der Waals surface area (Å²) in [4.78, 5) is 10.3. The monoisotopic (exact) mass is 296 g/mol. The van der Waals surface area contributed by atoms with Crippen molar-refractivity contribution in [2.75, 3.05) is 11.4 Å². The molecule has 0 aliphatic carbocycles. The summed E-state index contributed by atoms with van der Waals surface area (Å²) in [6.45, 7) is 2.15. The fourth-order valence-corrected chi connectivity index (χ4v) is 2.30. The Morgan fingerprint density at radius 1 is 1.29 bits per heavy atom. The lowest BCUT2D eigenvalue weighted by molar-refractivity contribution is 0.537. The third kappa shape index (κ3) is 1.93. The molecule has 0 aromatic carbocycles. The quantitative estimate of drug-likeness (QED) is 0.809. The van der Waals surface area contributed by atoms with Crippen molar-refractivity contribution in [3.05, 3.63) is 40.8 Å². The molecule has 2 aromatic heterocycles. The fraction of sp³-hybridized carbons (Fsp3) is 0.273. The molecule has 17 heavy (non-hydrogen) atoms. The highest BCUT2D eigenvalue weighted by Gasteiger charge is 2.20. The Balaban J connectivity index is 1.91. The number of nitrogens with zero attached hydrogens (tertiary/aromatic N) is 4. The van der Waals surface area contributed by atoms with Crippen LogP contribution in [0.15, 0.2) is 29.1 Å². The van der Waals surface area contributed by atoms with Gasteiger partial charge in [0.2, 0.25) is 0 Å². The van der Waals surface area contributed by atoms with E-state index in [1.165, 1.54) is 6.07 Å². The van der Waals surface area contributed by atoms with Gasteiger partial charge in [-0.1, -0.05) is 0 Å². The number of aromatic nitrogens is 3. The van der Waals surface area contributed by atoms with Gasteiger partial charge < -0.3 is 9.47 Å². The molecule has 1 aliphatic heterocycles. The maximum Gasteiger partial charge on any atom is 0.166 e. The van der Waals surface area contributed by atoms with Gasteiger partial charge in [0, 0.05) is 36.2 Å². The van der Waals surface area contributed by atoms with Gasteiger partial charge in [0.15, 0.2) is 11.6 Å². The molecule has 0 saturated carbocycles. The molecule has 0 unspecified atom stereocenters. The van der Waals surface area contributed by atoms with Gasteiger partial charge in [-0.25, -0.2) is 14.4 Å². The molecule has 0 spiro atoms. The molecule has 1 aliphatic rings. The molecule has 0 saturated heterocycles. The smallest absolute Gasteiger partial charge is 0.166 e. The minimum atomic E-state index is -0.306. The molecule has 88 valence electrons. The van der Waals surface area contributed by atoms with E-state index in [1.807, 2.05) is 11.1 Å². The lowest BCUT2D eigenvalue weighted by Gasteiger charge is -2.28. The predicted octanol–water partition coefficient (Wildman–Crippen LogP) is 2.20. The molecule has 6 heteroatoms. The molecule has 3 rings (SSSR count). The van der Waals surface area contributed by atoms with E-state index in [0.29, 0.717) is 16.8 Å². The van der Waals surface area contributed by atoms with Crippen molar-refractivity contribution in [1.82, 2.24) is 14.5 Å². The first kappa shape index (κ1) is 10.7. The number of hydrogen-bond acceptors (Lipinski definition) is 3. The van der Waals surface area contributed by atoms with Crippen LogP contribution in [0, 0.1) is 5.82 Å². The molecular weight excluding hydrogens is 287 g/mol. The van der Waals surface area contributed by atoms with E-state index in [4.69, 9.17) is 0 Å². The fourth-order valence-electron chi connectivity index (χ4n) is 1.99. The van der Waals surface area contributed by atoms with E-state index in [2.05, 4.69) is 30.5 Å². The molecule has 0 fully saturated rings. The average molecular weight is 297 g/mol. The Kier molecular flexibility index (Phi) is 2.58. The highest BCUT2D eigenvalue weighted by Crippen LogP contribution is 2.23. The predicted molar refractivity (Wildman–Crippen MR) is 65.2 cm³/mol. The molecule has 0 N–H and O–H groups in total. The summed E-state index contributed by atoms with van der Waals surface area (Å²) in [5.41, 5.74) is 0. The number of rotatable bonds is 1. The highest BCUT2D eigenvalue weighted by molar-refractivity contribution is 9.10. The van der Waals surface area contributed by atoms with Crippen LogP contribution in [0.25, 0.3) is 0 Å². The first-order chi connectivity index (χ1) is 8.24. The van der Waals surface area contributed by atoms with Crippen molar-refractivity contribution in [2.45, 2.75) is 13.1 Å². The molecule has 0 bridgehead atoms. The van der Waals surface area contributed by atoms with Gasteiger partial charge >= 0.3 is 0 Å². The largest absolute Gasteiger partial charge is 0.345 e. The summed E-state index contributed by atoms with van der Waals surface area (Å²) in [6, 6.07) is 1.43. The van der Waals surface area contributed by atoms with Crippen LogP contribution in [0.3, 0.4) is 0 Å². The van der Waals surface area contributed by atoms with Crippen LogP contribution < -0.4 is 4.90 Å². The molecule has 2 aromatic rings. The minimum Gasteiger partial charge on any atom is -0.345 e. The topological polar surface area (TPSA) is 34.0 Å². The normalized spacial score (nSPS) is 14.8. The first-order valence-electron chi connectivity index (χ1n) is 5.30. The van der Waals surface area contributed by atoms with Crippen LogP contribution in [0.2, 0.25) is 0 Å². The Morgan fingerprint density at radius 3 is 3.00 bits per heavy atom. The van der Waals surface area contributed by atoms with Crippen molar-refractivity contribution in [3.63, 3.8) is 0 Å².